The second kappa shape index (κ2) is 11.0. The molecule has 0 aliphatic heterocycles. The molecule has 0 aliphatic carbocycles. The number of carbonyl (C=O) groups is 1. The van der Waals surface area contributed by atoms with Crippen LogP contribution in [0.1, 0.15) is 29.8 Å². The molecule has 0 aromatic heterocycles. The summed E-state index contributed by atoms with van der Waals surface area (Å²) in [5.41, 5.74) is 3.75. The molecule has 0 atom stereocenters. The lowest BCUT2D eigenvalue weighted by Crippen LogP contribution is -2.36. The van der Waals surface area contributed by atoms with E-state index in [1.807, 2.05) is 13.8 Å². The molecule has 0 bridgehead atoms. The van der Waals surface area contributed by atoms with E-state index in [1.165, 1.54) is 21.3 Å². The zero-order valence-electron chi connectivity index (χ0n) is 17.5. The fraction of sp³-hybridized carbons (Fsp3) is 0.286. The van der Waals surface area contributed by atoms with Crippen molar-refractivity contribution in [2.45, 2.75) is 19.9 Å². The minimum Gasteiger partial charge on any atom is -0.497 e. The normalized spacial score (nSPS) is 10.6. The molecule has 0 heterocycles. The van der Waals surface area contributed by atoms with Crippen molar-refractivity contribution in [2.75, 3.05) is 21.3 Å². The molecule has 30 heavy (non-hydrogen) atoms. The maximum Gasteiger partial charge on any atom is 0.343 e. The molecule has 2 rings (SSSR count). The van der Waals surface area contributed by atoms with Crippen LogP contribution in [0.5, 0.6) is 23.0 Å². The summed E-state index contributed by atoms with van der Waals surface area (Å²) in [6.07, 6.45) is 1.58. The number of ether oxygens (including phenoxy) is 4. The largest absolute Gasteiger partial charge is 0.497 e. The molecule has 0 radical (unpaired) electrons. The number of esters is 1. The van der Waals surface area contributed by atoms with Crippen LogP contribution < -0.4 is 29.7 Å². The van der Waals surface area contributed by atoms with E-state index >= 15 is 0 Å². The maximum atomic E-state index is 12.6. The molecule has 2 N–H and O–H groups in total. The van der Waals surface area contributed by atoms with Crippen LogP contribution >= 0.6 is 12.2 Å². The molecule has 0 spiro atoms. The minimum absolute atomic E-state index is 0.207. The first-order chi connectivity index (χ1) is 14.4. The summed E-state index contributed by atoms with van der Waals surface area (Å²) in [5, 5.41) is 7.52. The van der Waals surface area contributed by atoms with Gasteiger partial charge in [0.25, 0.3) is 0 Å². The van der Waals surface area contributed by atoms with Crippen LogP contribution in [0.2, 0.25) is 0 Å². The van der Waals surface area contributed by atoms with Gasteiger partial charge < -0.3 is 24.3 Å². The van der Waals surface area contributed by atoms with Gasteiger partial charge in [-0.15, -0.1) is 0 Å². The van der Waals surface area contributed by atoms with E-state index < -0.39 is 5.97 Å². The number of hydrogen-bond donors (Lipinski definition) is 2. The molecular weight excluding hydrogens is 406 g/mol. The first-order valence-electron chi connectivity index (χ1n) is 9.09. The molecule has 160 valence electrons. The van der Waals surface area contributed by atoms with Gasteiger partial charge in [0.1, 0.15) is 11.5 Å². The maximum absolute atomic E-state index is 12.6. The number of nitrogens with zero attached hydrogens (tertiary/aromatic N) is 1. The van der Waals surface area contributed by atoms with Crippen LogP contribution in [0.15, 0.2) is 41.5 Å². The fourth-order valence-corrected chi connectivity index (χ4v) is 2.68. The SMILES string of the molecule is COc1cc(OC)cc(C(=O)Oc2ccc(C=NNC(=S)NC(C)C)cc2OC)c1. The van der Waals surface area contributed by atoms with Gasteiger partial charge in [-0.05, 0) is 62.0 Å². The summed E-state index contributed by atoms with van der Waals surface area (Å²) in [6, 6.07) is 10.1. The Balaban J connectivity index is 2.13. The number of hydrogen-bond acceptors (Lipinski definition) is 7. The van der Waals surface area contributed by atoms with Crippen molar-refractivity contribution in [3.05, 3.63) is 47.5 Å². The Hall–Kier alpha value is -3.33. The highest BCUT2D eigenvalue weighted by atomic mass is 32.1. The lowest BCUT2D eigenvalue weighted by Gasteiger charge is -2.12. The predicted octanol–water partition coefficient (Wildman–Crippen LogP) is 3.14. The van der Waals surface area contributed by atoms with Crippen LogP contribution in [-0.4, -0.2) is 44.7 Å². The van der Waals surface area contributed by atoms with Gasteiger partial charge >= 0.3 is 5.97 Å². The number of methoxy groups -OCH3 is 3. The Kier molecular flexibility index (Phi) is 8.42. The second-order valence-corrected chi connectivity index (χ2v) is 6.81. The quantitative estimate of drug-likeness (QED) is 0.217. The molecule has 9 heteroatoms. The van der Waals surface area contributed by atoms with E-state index in [0.717, 1.165) is 5.56 Å². The molecule has 2 aromatic rings. The monoisotopic (exact) mass is 431 g/mol. The number of benzene rings is 2. The molecule has 8 nitrogen and oxygen atoms in total. The van der Waals surface area contributed by atoms with E-state index in [0.29, 0.717) is 22.4 Å². The highest BCUT2D eigenvalue weighted by Crippen LogP contribution is 2.29. The van der Waals surface area contributed by atoms with Gasteiger partial charge in [-0.1, -0.05) is 0 Å². The highest BCUT2D eigenvalue weighted by molar-refractivity contribution is 7.80. The third-order valence-corrected chi connectivity index (χ3v) is 3.99. The van der Waals surface area contributed by atoms with Crippen molar-refractivity contribution in [3.63, 3.8) is 0 Å². The summed E-state index contributed by atoms with van der Waals surface area (Å²) in [4.78, 5) is 12.6. The second-order valence-electron chi connectivity index (χ2n) is 6.40. The lowest BCUT2D eigenvalue weighted by atomic mass is 10.2. The summed E-state index contributed by atoms with van der Waals surface area (Å²) >= 11 is 5.11. The standard InChI is InChI=1S/C21H25N3O5S/c1-13(2)23-21(30)24-22-12-14-6-7-18(19(8-14)28-5)29-20(25)15-9-16(26-3)11-17(10-15)27-4/h6-13H,1-5H3,(H2,23,24,30). The third kappa shape index (κ3) is 6.63. The summed E-state index contributed by atoms with van der Waals surface area (Å²) in [6.45, 7) is 3.95. The van der Waals surface area contributed by atoms with Crippen LogP contribution in [0.3, 0.4) is 0 Å². The van der Waals surface area contributed by atoms with Crippen molar-refractivity contribution in [3.8, 4) is 23.0 Å². The van der Waals surface area contributed by atoms with Gasteiger partial charge in [-0.3, -0.25) is 5.43 Å². The molecule has 0 fully saturated rings. The van der Waals surface area contributed by atoms with Crippen molar-refractivity contribution in [1.29, 1.82) is 0 Å². The first kappa shape index (κ1) is 23.0. The van der Waals surface area contributed by atoms with Gasteiger partial charge in [-0.2, -0.15) is 5.10 Å². The Labute approximate surface area is 181 Å². The fourth-order valence-electron chi connectivity index (χ4n) is 2.39. The summed E-state index contributed by atoms with van der Waals surface area (Å²) in [7, 11) is 4.50. The molecule has 0 aliphatic rings. The molecule has 0 unspecified atom stereocenters. The Morgan fingerprint density at radius 1 is 1.00 bits per heavy atom. The number of rotatable bonds is 8. The van der Waals surface area contributed by atoms with E-state index in [-0.39, 0.29) is 17.4 Å². The highest BCUT2D eigenvalue weighted by Gasteiger charge is 2.15. The average Bonchev–Trinajstić information content (AvgIpc) is 2.73. The van der Waals surface area contributed by atoms with E-state index in [2.05, 4.69) is 15.8 Å². The zero-order valence-corrected chi connectivity index (χ0v) is 18.3. The van der Waals surface area contributed by atoms with Gasteiger partial charge in [0.2, 0.25) is 0 Å². The van der Waals surface area contributed by atoms with Crippen LogP contribution in [-0.2, 0) is 0 Å². The number of nitrogens with one attached hydrogen (secondary N) is 2. The van der Waals surface area contributed by atoms with Crippen molar-refractivity contribution >= 4 is 29.5 Å². The van der Waals surface area contributed by atoms with Crippen molar-refractivity contribution in [2.24, 2.45) is 5.10 Å². The Bertz CT molecular complexity index is 909. The molecule has 0 saturated carbocycles. The Morgan fingerprint density at radius 3 is 2.23 bits per heavy atom. The number of carbonyl (C=O) groups excluding carboxylic acids is 1. The van der Waals surface area contributed by atoms with Gasteiger partial charge in [0.15, 0.2) is 16.6 Å². The molecule has 2 aromatic carbocycles. The minimum atomic E-state index is -0.571. The third-order valence-electron chi connectivity index (χ3n) is 3.78. The number of hydrazone groups is 1. The van der Waals surface area contributed by atoms with Gasteiger partial charge in [0.05, 0.1) is 33.1 Å². The van der Waals surface area contributed by atoms with Crippen molar-refractivity contribution < 1.29 is 23.7 Å². The topological polar surface area (TPSA) is 90.4 Å². The smallest absolute Gasteiger partial charge is 0.343 e. The lowest BCUT2D eigenvalue weighted by molar-refractivity contribution is 0.0729. The molecule has 0 amide bonds. The summed E-state index contributed by atoms with van der Waals surface area (Å²) in [5.74, 6) is 1.05. The van der Waals surface area contributed by atoms with Crippen LogP contribution in [0.25, 0.3) is 0 Å². The Morgan fingerprint density at radius 2 is 1.67 bits per heavy atom. The van der Waals surface area contributed by atoms with E-state index in [9.17, 15) is 4.79 Å². The predicted molar refractivity (Wildman–Crippen MR) is 119 cm³/mol. The zero-order chi connectivity index (χ0) is 22.1. The van der Waals surface area contributed by atoms with Crippen molar-refractivity contribution in [1.82, 2.24) is 10.7 Å². The van der Waals surface area contributed by atoms with E-state index in [4.69, 9.17) is 31.2 Å². The van der Waals surface area contributed by atoms with Crippen LogP contribution in [0.4, 0.5) is 0 Å². The molecule has 0 saturated heterocycles. The average molecular weight is 432 g/mol. The number of thiocarbonyl (C=S) groups is 1. The first-order valence-corrected chi connectivity index (χ1v) is 9.50. The summed E-state index contributed by atoms with van der Waals surface area (Å²) < 4.78 is 21.2. The van der Waals surface area contributed by atoms with Gasteiger partial charge in [0, 0.05) is 12.1 Å². The van der Waals surface area contributed by atoms with Crippen LogP contribution in [0, 0.1) is 0 Å². The van der Waals surface area contributed by atoms with E-state index in [1.54, 1.807) is 42.6 Å². The van der Waals surface area contributed by atoms with Gasteiger partial charge in [-0.25, -0.2) is 4.79 Å². The molecular formula is C21H25N3O5S.